The first-order valence-electron chi connectivity index (χ1n) is 4.87. The van der Waals surface area contributed by atoms with Gasteiger partial charge in [-0.3, -0.25) is 10.1 Å². The van der Waals surface area contributed by atoms with E-state index < -0.39 is 39.7 Å². The van der Waals surface area contributed by atoms with E-state index in [4.69, 9.17) is 10.5 Å². The molecule has 0 aliphatic rings. The minimum Gasteiger partial charge on any atom is -0.430 e. The Hall–Kier alpha value is -2.84. The quantitative estimate of drug-likeness (QED) is 0.674. The summed E-state index contributed by atoms with van der Waals surface area (Å²) in [6, 6.07) is 2.49. The number of ether oxygens (including phenoxy) is 1. The molecular formula is C10H6F2N4O3. The molecule has 0 atom stereocenters. The minimum absolute atomic E-state index is 0.414. The summed E-state index contributed by atoms with van der Waals surface area (Å²) in [7, 11) is 0. The molecule has 0 saturated carbocycles. The van der Waals surface area contributed by atoms with E-state index in [0.29, 0.717) is 6.07 Å². The molecule has 2 rings (SSSR count). The number of aromatic nitrogens is 2. The lowest BCUT2D eigenvalue weighted by molar-refractivity contribution is -0.385. The molecule has 7 nitrogen and oxygen atoms in total. The lowest BCUT2D eigenvalue weighted by Gasteiger charge is -2.06. The van der Waals surface area contributed by atoms with E-state index in [0.717, 1.165) is 18.5 Å². The zero-order chi connectivity index (χ0) is 14.0. The van der Waals surface area contributed by atoms with Gasteiger partial charge in [0.25, 0.3) is 0 Å². The topological polar surface area (TPSA) is 104 Å². The monoisotopic (exact) mass is 268 g/mol. The molecule has 9 heteroatoms. The molecule has 2 aromatic rings. The van der Waals surface area contributed by atoms with Crippen molar-refractivity contribution < 1.29 is 18.4 Å². The Morgan fingerprint density at radius 3 is 2.68 bits per heavy atom. The van der Waals surface area contributed by atoms with Crippen molar-refractivity contribution >= 4 is 11.5 Å². The number of nitrogens with zero attached hydrogens (tertiary/aromatic N) is 3. The lowest BCUT2D eigenvalue weighted by Crippen LogP contribution is -2.03. The van der Waals surface area contributed by atoms with Gasteiger partial charge in [0.15, 0.2) is 11.6 Å². The number of nitrogens with two attached hydrogens (primary N) is 1. The molecule has 0 aliphatic heterocycles. The van der Waals surface area contributed by atoms with Crippen LogP contribution in [0.5, 0.6) is 11.6 Å². The van der Waals surface area contributed by atoms with Crippen molar-refractivity contribution in [3.05, 3.63) is 46.3 Å². The molecule has 0 spiro atoms. The summed E-state index contributed by atoms with van der Waals surface area (Å²) in [6.45, 7) is 0. The average molecular weight is 268 g/mol. The molecule has 0 fully saturated rings. The normalized spacial score (nSPS) is 10.2. The largest absolute Gasteiger partial charge is 0.430 e. The summed E-state index contributed by atoms with van der Waals surface area (Å²) >= 11 is 0. The van der Waals surface area contributed by atoms with Crippen molar-refractivity contribution in [2.45, 2.75) is 0 Å². The second kappa shape index (κ2) is 4.80. The highest BCUT2D eigenvalue weighted by molar-refractivity contribution is 5.58. The van der Waals surface area contributed by atoms with E-state index in [9.17, 15) is 18.9 Å². The fourth-order valence-electron chi connectivity index (χ4n) is 1.28. The highest BCUT2D eigenvalue weighted by Crippen LogP contribution is 2.33. The molecule has 2 N–H and O–H groups in total. The van der Waals surface area contributed by atoms with E-state index in [1.165, 1.54) is 0 Å². The Morgan fingerprint density at radius 2 is 2.05 bits per heavy atom. The maximum absolute atomic E-state index is 13.4. The van der Waals surface area contributed by atoms with Gasteiger partial charge in [-0.25, -0.2) is 13.8 Å². The van der Waals surface area contributed by atoms with Crippen LogP contribution in [-0.4, -0.2) is 14.9 Å². The molecule has 0 amide bonds. The van der Waals surface area contributed by atoms with Crippen LogP contribution in [0.2, 0.25) is 0 Å². The second-order valence-electron chi connectivity index (χ2n) is 3.35. The summed E-state index contributed by atoms with van der Waals surface area (Å²) in [5.74, 6) is -3.18. The summed E-state index contributed by atoms with van der Waals surface area (Å²) in [5.41, 5.74) is 4.62. The molecule has 1 aromatic heterocycles. The van der Waals surface area contributed by atoms with Crippen LogP contribution in [0.15, 0.2) is 24.5 Å². The van der Waals surface area contributed by atoms with Crippen molar-refractivity contribution in [3.8, 4) is 11.6 Å². The van der Waals surface area contributed by atoms with Crippen LogP contribution in [0.3, 0.4) is 0 Å². The number of halogens is 2. The third kappa shape index (κ3) is 2.54. The fraction of sp³-hybridized carbons (Fsp3) is 0. The number of nitro groups is 1. The van der Waals surface area contributed by atoms with Crippen LogP contribution >= 0.6 is 0 Å². The Bertz CT molecular complexity index is 651. The molecule has 0 aliphatic carbocycles. The molecule has 1 aromatic carbocycles. The van der Waals surface area contributed by atoms with Crippen molar-refractivity contribution in [1.29, 1.82) is 0 Å². The number of hydrogen-bond donors (Lipinski definition) is 1. The van der Waals surface area contributed by atoms with Crippen LogP contribution in [-0.2, 0) is 0 Å². The van der Waals surface area contributed by atoms with Gasteiger partial charge in [0.1, 0.15) is 12.1 Å². The first-order chi connectivity index (χ1) is 8.99. The van der Waals surface area contributed by atoms with Gasteiger partial charge in [-0.05, 0) is 12.1 Å². The fourth-order valence-corrected chi connectivity index (χ4v) is 1.28. The predicted octanol–water partition coefficient (Wildman–Crippen LogP) is 2.04. The summed E-state index contributed by atoms with van der Waals surface area (Å²) < 4.78 is 31.0. The van der Waals surface area contributed by atoms with Gasteiger partial charge < -0.3 is 10.5 Å². The predicted molar refractivity (Wildman–Crippen MR) is 59.5 cm³/mol. The van der Waals surface area contributed by atoms with Crippen LogP contribution in [0.25, 0.3) is 0 Å². The maximum Gasteiger partial charge on any atom is 0.372 e. The van der Waals surface area contributed by atoms with Crippen LogP contribution < -0.4 is 10.5 Å². The highest BCUT2D eigenvalue weighted by Gasteiger charge is 2.23. The SMILES string of the molecule is Nc1ncnc(Oc2ccc(F)cc2F)c1[N+](=O)[O-]. The number of rotatable bonds is 3. The zero-order valence-electron chi connectivity index (χ0n) is 9.21. The van der Waals surface area contributed by atoms with Gasteiger partial charge in [-0.2, -0.15) is 4.98 Å². The molecule has 0 radical (unpaired) electrons. The molecule has 0 saturated heterocycles. The molecule has 98 valence electrons. The van der Waals surface area contributed by atoms with E-state index in [1.54, 1.807) is 0 Å². The van der Waals surface area contributed by atoms with Gasteiger partial charge in [-0.1, -0.05) is 0 Å². The molecule has 0 bridgehead atoms. The van der Waals surface area contributed by atoms with Crippen molar-refractivity contribution in [1.82, 2.24) is 9.97 Å². The van der Waals surface area contributed by atoms with E-state index in [1.807, 2.05) is 0 Å². The average Bonchev–Trinajstić information content (AvgIpc) is 2.32. The zero-order valence-corrected chi connectivity index (χ0v) is 9.21. The Balaban J connectivity index is 2.44. The molecule has 1 heterocycles. The first-order valence-corrected chi connectivity index (χ1v) is 4.87. The summed E-state index contributed by atoms with van der Waals surface area (Å²) in [4.78, 5) is 16.9. The minimum atomic E-state index is -1.02. The summed E-state index contributed by atoms with van der Waals surface area (Å²) in [5, 5.41) is 10.8. The number of nitrogen functional groups attached to an aromatic ring is 1. The van der Waals surface area contributed by atoms with Crippen LogP contribution in [0, 0.1) is 21.7 Å². The summed E-state index contributed by atoms with van der Waals surface area (Å²) in [6.07, 6.45) is 0.930. The first kappa shape index (κ1) is 12.6. The Morgan fingerprint density at radius 1 is 1.32 bits per heavy atom. The van der Waals surface area contributed by atoms with Gasteiger partial charge in [0.2, 0.25) is 5.82 Å². The number of benzene rings is 1. The van der Waals surface area contributed by atoms with Gasteiger partial charge in [0, 0.05) is 6.07 Å². The Kier molecular flexibility index (Phi) is 3.19. The second-order valence-corrected chi connectivity index (χ2v) is 3.35. The van der Waals surface area contributed by atoms with E-state index in [-0.39, 0.29) is 0 Å². The van der Waals surface area contributed by atoms with Crippen LogP contribution in [0.4, 0.5) is 20.3 Å². The van der Waals surface area contributed by atoms with E-state index >= 15 is 0 Å². The van der Waals surface area contributed by atoms with Gasteiger partial charge in [-0.15, -0.1) is 0 Å². The smallest absolute Gasteiger partial charge is 0.372 e. The van der Waals surface area contributed by atoms with Gasteiger partial charge >= 0.3 is 11.6 Å². The van der Waals surface area contributed by atoms with E-state index in [2.05, 4.69) is 9.97 Å². The van der Waals surface area contributed by atoms with Gasteiger partial charge in [0.05, 0.1) is 4.92 Å². The molecule has 0 unspecified atom stereocenters. The standard InChI is InChI=1S/C10H6F2N4O3/c11-5-1-2-7(6(12)3-5)19-10-8(16(17)18)9(13)14-4-15-10/h1-4H,(H2,13,14,15). The van der Waals surface area contributed by atoms with Crippen molar-refractivity contribution in [2.24, 2.45) is 0 Å². The highest BCUT2D eigenvalue weighted by atomic mass is 19.1. The maximum atomic E-state index is 13.4. The Labute approximate surface area is 104 Å². The van der Waals surface area contributed by atoms with Crippen molar-refractivity contribution in [2.75, 3.05) is 5.73 Å². The number of hydrogen-bond acceptors (Lipinski definition) is 6. The third-order valence-electron chi connectivity index (χ3n) is 2.10. The van der Waals surface area contributed by atoms with Crippen LogP contribution in [0.1, 0.15) is 0 Å². The van der Waals surface area contributed by atoms with Crippen molar-refractivity contribution in [3.63, 3.8) is 0 Å². The third-order valence-corrected chi connectivity index (χ3v) is 2.10. The number of anilines is 1. The molecular weight excluding hydrogens is 262 g/mol. The molecule has 19 heavy (non-hydrogen) atoms. The lowest BCUT2D eigenvalue weighted by atomic mass is 10.3.